The highest BCUT2D eigenvalue weighted by molar-refractivity contribution is 7.84. The number of anilines is 1. The number of carbonyl (C=O) groups is 1. The molecule has 6 nitrogen and oxygen atoms in total. The fourth-order valence-electron chi connectivity index (χ4n) is 2.79. The normalized spacial score (nSPS) is 12.3. The Hall–Kier alpha value is -2.67. The number of hydrogen-bond donors (Lipinski definition) is 1. The highest BCUT2D eigenvalue weighted by Crippen LogP contribution is 2.24. The molecule has 3 rings (SSSR count). The van der Waals surface area contributed by atoms with Crippen molar-refractivity contribution in [2.75, 3.05) is 19.0 Å². The first-order chi connectivity index (χ1) is 11.9. The third-order valence-corrected chi connectivity index (χ3v) is 5.40. The van der Waals surface area contributed by atoms with Crippen LogP contribution in [0.1, 0.15) is 15.9 Å². The molecule has 0 aliphatic heterocycles. The first kappa shape index (κ1) is 17.2. The summed E-state index contributed by atoms with van der Waals surface area (Å²) in [5.74, 6) is -0.660. The highest BCUT2D eigenvalue weighted by atomic mass is 32.2. The van der Waals surface area contributed by atoms with Gasteiger partial charge < -0.3 is 14.6 Å². The van der Waals surface area contributed by atoms with E-state index in [1.165, 1.54) is 12.1 Å². The minimum atomic E-state index is -1.34. The number of imidazole rings is 1. The van der Waals surface area contributed by atoms with Crippen molar-refractivity contribution in [1.82, 2.24) is 9.55 Å². The topological polar surface area (TPSA) is 75.4 Å². The highest BCUT2D eigenvalue weighted by Gasteiger charge is 2.17. The van der Waals surface area contributed by atoms with Crippen molar-refractivity contribution >= 4 is 33.5 Å². The zero-order valence-electron chi connectivity index (χ0n) is 14.3. The third kappa shape index (κ3) is 3.28. The van der Waals surface area contributed by atoms with Crippen LogP contribution in [0.3, 0.4) is 0 Å². The average Bonchev–Trinajstić information content (AvgIpc) is 2.91. The summed E-state index contributed by atoms with van der Waals surface area (Å²) in [6, 6.07) is 12.5. The summed E-state index contributed by atoms with van der Waals surface area (Å²) >= 11 is 0. The van der Waals surface area contributed by atoms with Gasteiger partial charge in [0.15, 0.2) is 5.16 Å². The summed E-state index contributed by atoms with van der Waals surface area (Å²) in [5.41, 5.74) is 3.45. The third-order valence-electron chi connectivity index (χ3n) is 4.05. The molecule has 0 saturated heterocycles. The van der Waals surface area contributed by atoms with Gasteiger partial charge in [0.05, 0.1) is 33.1 Å². The van der Waals surface area contributed by atoms with Gasteiger partial charge in [-0.3, -0.25) is 4.21 Å². The number of nitrogens with zero attached hydrogens (tertiary/aromatic N) is 3. The zero-order valence-corrected chi connectivity index (χ0v) is 15.1. The van der Waals surface area contributed by atoms with Gasteiger partial charge >= 0.3 is 5.97 Å². The van der Waals surface area contributed by atoms with Crippen LogP contribution in [0.5, 0.6) is 0 Å². The lowest BCUT2D eigenvalue weighted by Gasteiger charge is -2.16. The summed E-state index contributed by atoms with van der Waals surface area (Å²) in [4.78, 5) is 17.5. The maximum absolute atomic E-state index is 12.9. The summed E-state index contributed by atoms with van der Waals surface area (Å²) < 4.78 is 14.7. The number of hydrogen-bond acceptors (Lipinski definition) is 4. The molecule has 130 valence electrons. The lowest BCUT2D eigenvalue weighted by Crippen LogP contribution is -2.13. The molecule has 1 unspecified atom stereocenters. The van der Waals surface area contributed by atoms with Crippen LogP contribution < -0.4 is 4.90 Å². The molecule has 0 radical (unpaired) electrons. The van der Waals surface area contributed by atoms with Crippen molar-refractivity contribution < 1.29 is 14.1 Å². The number of aryl methyl sites for hydroxylation is 1. The fourth-order valence-corrected chi connectivity index (χ4v) is 4.05. The van der Waals surface area contributed by atoms with Crippen LogP contribution in [-0.4, -0.2) is 38.9 Å². The lowest BCUT2D eigenvalue weighted by atomic mass is 10.2. The van der Waals surface area contributed by atoms with Gasteiger partial charge in [-0.2, -0.15) is 0 Å². The molecule has 0 spiro atoms. The number of aromatic carboxylic acids is 1. The molecule has 1 atom stereocenters. The van der Waals surface area contributed by atoms with Crippen molar-refractivity contribution in [2.45, 2.75) is 10.9 Å². The van der Waals surface area contributed by atoms with Crippen molar-refractivity contribution in [3.05, 3.63) is 53.6 Å². The Labute approximate surface area is 148 Å². The second-order valence-electron chi connectivity index (χ2n) is 5.98. The first-order valence-electron chi connectivity index (χ1n) is 7.72. The maximum Gasteiger partial charge on any atom is 0.335 e. The van der Waals surface area contributed by atoms with E-state index in [4.69, 9.17) is 5.11 Å². The van der Waals surface area contributed by atoms with Gasteiger partial charge in [0.25, 0.3) is 0 Å². The van der Waals surface area contributed by atoms with E-state index in [1.807, 2.05) is 43.3 Å². The van der Waals surface area contributed by atoms with E-state index in [0.717, 1.165) is 16.8 Å². The molecule has 2 aromatic carbocycles. The number of aromatic nitrogens is 2. The van der Waals surface area contributed by atoms with Gasteiger partial charge in [-0.15, -0.1) is 0 Å². The van der Waals surface area contributed by atoms with Gasteiger partial charge in [0.1, 0.15) is 0 Å². The van der Waals surface area contributed by atoms with E-state index in [1.54, 1.807) is 17.7 Å². The van der Waals surface area contributed by atoms with Gasteiger partial charge in [0, 0.05) is 26.8 Å². The number of carboxylic acid groups (broad SMARTS) is 1. The van der Waals surface area contributed by atoms with Crippen LogP contribution >= 0.6 is 0 Å². The predicted molar refractivity (Wildman–Crippen MR) is 98.6 cm³/mol. The molecular weight excluding hydrogens is 338 g/mol. The molecule has 1 aromatic heterocycles. The molecule has 0 aliphatic carbocycles. The maximum atomic E-state index is 12.9. The minimum Gasteiger partial charge on any atom is -0.478 e. The van der Waals surface area contributed by atoms with Crippen LogP contribution in [0.25, 0.3) is 11.0 Å². The Balaban J connectivity index is 1.98. The number of rotatable bonds is 5. The van der Waals surface area contributed by atoms with E-state index in [-0.39, 0.29) is 5.56 Å². The van der Waals surface area contributed by atoms with Crippen molar-refractivity contribution in [1.29, 1.82) is 0 Å². The van der Waals surface area contributed by atoms with Crippen molar-refractivity contribution in [3.63, 3.8) is 0 Å². The lowest BCUT2D eigenvalue weighted by molar-refractivity contribution is 0.0697. The van der Waals surface area contributed by atoms with E-state index < -0.39 is 16.8 Å². The van der Waals surface area contributed by atoms with Crippen molar-refractivity contribution in [3.8, 4) is 0 Å². The number of fused-ring (bicyclic) bond motifs is 1. The van der Waals surface area contributed by atoms with E-state index in [0.29, 0.717) is 16.4 Å². The predicted octanol–water partition coefficient (Wildman–Crippen LogP) is 2.65. The first-order valence-corrected chi connectivity index (χ1v) is 9.03. The molecule has 0 saturated carbocycles. The SMILES string of the molecule is CN(C)c1ccccc1CS(=O)c1nc2cc(C(=O)O)ccc2n1C. The van der Waals surface area contributed by atoms with Gasteiger partial charge in [-0.1, -0.05) is 18.2 Å². The number of carboxylic acids is 1. The van der Waals surface area contributed by atoms with Gasteiger partial charge in [-0.05, 0) is 29.8 Å². The largest absolute Gasteiger partial charge is 0.478 e. The van der Waals surface area contributed by atoms with Gasteiger partial charge in [0.2, 0.25) is 0 Å². The summed E-state index contributed by atoms with van der Waals surface area (Å²) in [7, 11) is 4.34. The monoisotopic (exact) mass is 357 g/mol. The smallest absolute Gasteiger partial charge is 0.335 e. The van der Waals surface area contributed by atoms with Crippen LogP contribution in [0, 0.1) is 0 Å². The zero-order chi connectivity index (χ0) is 18.1. The molecule has 7 heteroatoms. The summed E-state index contributed by atoms with van der Waals surface area (Å²) in [6.07, 6.45) is 0. The molecule has 0 fully saturated rings. The molecule has 0 bridgehead atoms. The second-order valence-corrected chi connectivity index (χ2v) is 7.32. The Kier molecular flexibility index (Phi) is 4.59. The fraction of sp³-hybridized carbons (Fsp3) is 0.222. The summed E-state index contributed by atoms with van der Waals surface area (Å²) in [5, 5.41) is 9.54. The van der Waals surface area contributed by atoms with E-state index >= 15 is 0 Å². The molecular formula is C18H19N3O3S. The molecule has 0 amide bonds. The second kappa shape index (κ2) is 6.68. The quantitative estimate of drug-likeness (QED) is 0.760. The van der Waals surface area contributed by atoms with Gasteiger partial charge in [-0.25, -0.2) is 9.78 Å². The average molecular weight is 357 g/mol. The van der Waals surface area contributed by atoms with Crippen LogP contribution in [-0.2, 0) is 23.6 Å². The molecule has 0 aliphatic rings. The number of benzene rings is 2. The van der Waals surface area contributed by atoms with Crippen LogP contribution in [0.15, 0.2) is 47.6 Å². The van der Waals surface area contributed by atoms with Crippen LogP contribution in [0.4, 0.5) is 5.69 Å². The van der Waals surface area contributed by atoms with Crippen LogP contribution in [0.2, 0.25) is 0 Å². The Morgan fingerprint density at radius 3 is 2.64 bits per heavy atom. The molecule has 1 heterocycles. The molecule has 25 heavy (non-hydrogen) atoms. The number of para-hydroxylation sites is 1. The molecule has 3 aromatic rings. The van der Waals surface area contributed by atoms with Crippen molar-refractivity contribution in [2.24, 2.45) is 7.05 Å². The van der Waals surface area contributed by atoms with E-state index in [2.05, 4.69) is 4.98 Å². The standard InChI is InChI=1S/C18H19N3O3S/c1-20(2)15-7-5-4-6-13(15)11-25(24)18-19-14-10-12(17(22)23)8-9-16(14)21(18)3/h4-10H,11H2,1-3H3,(H,22,23). The molecule has 1 N–H and O–H groups in total. The Morgan fingerprint density at radius 2 is 1.96 bits per heavy atom. The summed E-state index contributed by atoms with van der Waals surface area (Å²) in [6.45, 7) is 0. The Morgan fingerprint density at radius 1 is 1.24 bits per heavy atom. The van der Waals surface area contributed by atoms with E-state index in [9.17, 15) is 9.00 Å². The Bertz CT molecular complexity index is 979. The minimum absolute atomic E-state index is 0.167.